The van der Waals surface area contributed by atoms with Crippen LogP contribution in [0.25, 0.3) is 88.0 Å². The molecular formula is C111H138N8O4. The lowest BCUT2D eigenvalue weighted by molar-refractivity contribution is 0.170. The summed E-state index contributed by atoms with van der Waals surface area (Å²) in [6.07, 6.45) is 6.13. The van der Waals surface area contributed by atoms with Gasteiger partial charge in [0.1, 0.15) is 17.0 Å². The Kier molecular flexibility index (Phi) is 17.4. The van der Waals surface area contributed by atoms with Gasteiger partial charge in [-0.3, -0.25) is 0 Å². The molecular weight excluding hydrogens is 1510 g/mol. The van der Waals surface area contributed by atoms with Crippen molar-refractivity contribution < 1.29 is 36.9 Å². The summed E-state index contributed by atoms with van der Waals surface area (Å²) in [6.45, 7) is 42.9. The van der Waals surface area contributed by atoms with Gasteiger partial charge in [0.2, 0.25) is 11.4 Å². The molecule has 5 aliphatic heterocycles. The van der Waals surface area contributed by atoms with E-state index in [4.69, 9.17) is 31.4 Å². The molecule has 0 bridgehead atoms. The van der Waals surface area contributed by atoms with Crippen molar-refractivity contribution in [2.24, 2.45) is 21.7 Å². The molecule has 2 spiro atoms. The Morgan fingerprint density at radius 2 is 0.691 bits per heavy atom. The number of furan rings is 4. The van der Waals surface area contributed by atoms with Gasteiger partial charge in [0.15, 0.2) is 22.3 Å². The lowest BCUT2D eigenvalue weighted by Crippen LogP contribution is -2.44. The highest BCUT2D eigenvalue weighted by Crippen LogP contribution is 2.61. The molecule has 0 amide bonds. The molecule has 646 valence electrons. The predicted molar refractivity (Wildman–Crippen MR) is 520 cm³/mol. The first-order chi connectivity index (χ1) is 63.8. The van der Waals surface area contributed by atoms with Crippen molar-refractivity contribution in [3.63, 3.8) is 0 Å². The molecule has 12 heterocycles. The third-order valence-electron chi connectivity index (χ3n) is 29.5. The maximum atomic E-state index is 9.34. The van der Waals surface area contributed by atoms with E-state index in [-0.39, 0.29) is 28.3 Å². The summed E-state index contributed by atoms with van der Waals surface area (Å²) in [5.41, 5.74) is 12.2. The van der Waals surface area contributed by atoms with Crippen LogP contribution < -0.4 is 24.5 Å². The lowest BCUT2D eigenvalue weighted by atomic mass is 9.68. The van der Waals surface area contributed by atoms with E-state index in [0.29, 0.717) is 28.6 Å². The number of benzene rings is 7. The van der Waals surface area contributed by atoms with Gasteiger partial charge in [0.05, 0.1) is 22.7 Å². The number of rotatable bonds is 5. The van der Waals surface area contributed by atoms with E-state index < -0.39 is 84.3 Å². The highest BCUT2D eigenvalue weighted by Gasteiger charge is 2.57. The van der Waals surface area contributed by atoms with Gasteiger partial charge in [0.25, 0.3) is 0 Å². The van der Waals surface area contributed by atoms with Gasteiger partial charge in [-0.15, -0.1) is 0 Å². The summed E-state index contributed by atoms with van der Waals surface area (Å²) < 4.78 is 147. The molecule has 14 aromatic rings. The number of aryl methyl sites for hydroxylation is 7. The van der Waals surface area contributed by atoms with Crippen LogP contribution in [0.2, 0.25) is 0 Å². The first kappa shape index (κ1) is 69.5. The summed E-state index contributed by atoms with van der Waals surface area (Å²) in [6, 6.07) is 52.8. The molecule has 4 saturated heterocycles. The molecule has 12 nitrogen and oxygen atoms in total. The van der Waals surface area contributed by atoms with Gasteiger partial charge >= 0.3 is 0 Å². The minimum Gasteiger partial charge on any atom is -0.454 e. The Balaban J connectivity index is 0.000000120. The van der Waals surface area contributed by atoms with Gasteiger partial charge in [-0.25, -0.2) is 15.0 Å². The number of aromatic nitrogens is 3. The molecule has 123 heavy (non-hydrogen) atoms. The number of anilines is 6. The highest BCUT2D eigenvalue weighted by molar-refractivity contribution is 6.12. The van der Waals surface area contributed by atoms with Crippen molar-refractivity contribution in [3.05, 3.63) is 209 Å². The zero-order valence-corrected chi connectivity index (χ0v) is 77.3. The minimum atomic E-state index is -2.48. The zero-order valence-electron chi connectivity index (χ0n) is 91.3. The SMILES string of the molecule is Cc1ccccc1N1c2ncccc2C(C)(C)C1C.[2H]C([2H])([2H])C1(C)C(C)N(c2c(C)ccc3c2oc2ccccc23)C(C)(C)C1([2H])[2H].[2H]C([2H])([2H])C1(C)C(C)N(c2c(C)ccc3c2oc2nc(C)ccc23)C(C)(C)C1([2H])[2H].[2H]C1([2H])C2(CCCCC2)C(C)N(c2c(C)ccc3c2oc2ccccc23)C1(C)C.[2H]C1([2H])C2(CCCCC2)C(C)N(c2c(C)ccc3c2oc2nc(C)ccc23)C1(C)C. The van der Waals surface area contributed by atoms with Gasteiger partial charge < -0.3 is 42.2 Å². The number of fused-ring (bicyclic) bond motifs is 13. The Bertz CT molecular complexity index is 7040. The topological polar surface area (TPSA) is 107 Å². The summed E-state index contributed by atoms with van der Waals surface area (Å²) in [4.78, 5) is 24.7. The van der Waals surface area contributed by atoms with Gasteiger partial charge in [-0.2, -0.15) is 0 Å². The normalized spacial score (nSPS) is 27.9. The van der Waals surface area contributed by atoms with Gasteiger partial charge in [-0.05, 0) is 288 Å². The number of pyridine rings is 3. The summed E-state index contributed by atoms with van der Waals surface area (Å²) >= 11 is 0. The van der Waals surface area contributed by atoms with Crippen molar-refractivity contribution in [1.29, 1.82) is 0 Å². The molecule has 12 heteroatoms. The fourth-order valence-electron chi connectivity index (χ4n) is 23.2. The standard InChI is InChI=1S/C25H32N2O.C25H31NO.C22H28N2O.C22H27NO.C17H20N2/c1-16-9-11-19-20-12-10-17(2)26-23(20)28-22(19)21(16)27-18(3)25(15-24(27,4)5)13-7-6-8-14-25;1-17-12-13-20-19-10-6-7-11-21(19)27-23(20)22(17)26-18(2)25(16-24(26,3)4)14-8-5-9-15-25;1-13-8-10-16-17-11-9-14(2)23-20(17)25-19(16)18(13)24-15(3)21(4,5)12-22(24,6)7;1-14-11-12-17-16-9-7-8-10-18(16)24-20(17)19(14)23-15(2)21(3,4)13-22(23,5)6;1-12-8-5-6-10-15(12)19-13(2)17(3,4)14-9-7-11-18-16(14)19/h9-12,18H,6-8,13-15H2,1-5H3;6-7,10-13,18H,5,8-9,14-16H2,1-4H3;8-11,15H,12H2,1-7H3;7-12,15H,13H2,1-6H3;5-11,13H,1-4H3/i15D2;16D2;4D3,12D2;3D3,13D2;. The highest BCUT2D eigenvalue weighted by atomic mass is 16.3. The van der Waals surface area contributed by atoms with Gasteiger partial charge in [0, 0.05) is 149 Å². The van der Waals surface area contributed by atoms with Crippen LogP contribution in [-0.4, -0.2) is 67.3 Å². The van der Waals surface area contributed by atoms with Crippen molar-refractivity contribution in [3.8, 4) is 0 Å². The first-order valence-corrected chi connectivity index (χ1v) is 45.2. The third-order valence-corrected chi connectivity index (χ3v) is 29.5. The summed E-state index contributed by atoms with van der Waals surface area (Å²) in [7, 11) is 0. The number of nitrogens with zero attached hydrogens (tertiary/aromatic N) is 8. The Hall–Kier alpha value is -9.81. The molecule has 0 N–H and O–H groups in total. The fourth-order valence-corrected chi connectivity index (χ4v) is 23.2. The van der Waals surface area contributed by atoms with Crippen molar-refractivity contribution in [2.45, 2.75) is 327 Å². The zero-order chi connectivity index (χ0) is 99.7. The van der Waals surface area contributed by atoms with E-state index in [1.54, 1.807) is 41.5 Å². The van der Waals surface area contributed by atoms with E-state index in [0.717, 1.165) is 179 Å². The predicted octanol–water partition coefficient (Wildman–Crippen LogP) is 30.7. The van der Waals surface area contributed by atoms with Crippen LogP contribution in [0.4, 0.5) is 34.3 Å². The molecule has 2 aliphatic carbocycles. The van der Waals surface area contributed by atoms with E-state index in [1.165, 1.54) is 29.7 Å². The quantitative estimate of drug-likeness (QED) is 0.164. The smallest absolute Gasteiger partial charge is 0.227 e. The summed E-state index contributed by atoms with van der Waals surface area (Å²) in [5, 5.41) is 8.07. The third kappa shape index (κ3) is 14.3. The molecule has 7 aromatic carbocycles. The molecule has 0 radical (unpaired) electrons. The maximum Gasteiger partial charge on any atom is 0.227 e. The van der Waals surface area contributed by atoms with Crippen LogP contribution in [0.1, 0.15) is 285 Å². The average molecular weight is 1660 g/mol. The minimum absolute atomic E-state index is 0.0926. The van der Waals surface area contributed by atoms with Crippen LogP contribution in [0.5, 0.6) is 0 Å². The number of hydrogen-bond donors (Lipinski definition) is 0. The number of hydrogen-bond acceptors (Lipinski definition) is 12. The second kappa shape index (κ2) is 30.8. The van der Waals surface area contributed by atoms with E-state index in [2.05, 4.69) is 186 Å². The lowest BCUT2D eigenvalue weighted by Gasteiger charge is -2.41. The molecule has 6 fully saturated rings. The van der Waals surface area contributed by atoms with Crippen molar-refractivity contribution in [1.82, 2.24) is 15.0 Å². The Labute approximate surface area is 752 Å². The van der Waals surface area contributed by atoms with Crippen molar-refractivity contribution >= 4 is 122 Å². The van der Waals surface area contributed by atoms with E-state index in [1.807, 2.05) is 142 Å². The summed E-state index contributed by atoms with van der Waals surface area (Å²) in [5.74, 6) is 1.11. The molecule has 7 unspecified atom stereocenters. The van der Waals surface area contributed by atoms with Crippen LogP contribution in [0.15, 0.2) is 182 Å². The van der Waals surface area contributed by atoms with Gasteiger partial charge in [-0.1, -0.05) is 189 Å². The first-order valence-electron chi connectivity index (χ1n) is 52.2. The molecule has 7 aliphatic rings. The average Bonchev–Trinajstić information content (AvgIpc) is 1.52. The Morgan fingerprint density at radius 1 is 0.341 bits per heavy atom. The van der Waals surface area contributed by atoms with E-state index >= 15 is 0 Å². The molecule has 7 atom stereocenters. The molecule has 21 rings (SSSR count). The monoisotopic (exact) mass is 1660 g/mol. The van der Waals surface area contributed by atoms with E-state index in [9.17, 15) is 5.48 Å². The van der Waals surface area contributed by atoms with Crippen molar-refractivity contribution in [2.75, 3.05) is 24.5 Å². The Morgan fingerprint density at radius 3 is 1.08 bits per heavy atom. The fraction of sp³-hybridized carbons (Fsp3) is 0.486. The molecule has 7 aromatic heterocycles. The number of para-hydroxylation sites is 3. The largest absolute Gasteiger partial charge is 0.454 e. The van der Waals surface area contributed by atoms with Crippen LogP contribution in [-0.2, 0) is 5.41 Å². The van der Waals surface area contributed by atoms with Crippen LogP contribution >= 0.6 is 0 Å². The van der Waals surface area contributed by atoms with Crippen LogP contribution in [0, 0.1) is 70.1 Å². The second-order valence-electron chi connectivity index (χ2n) is 40.1. The molecule has 2 saturated carbocycles. The maximum absolute atomic E-state index is 9.34. The second-order valence-corrected chi connectivity index (χ2v) is 40.1. The van der Waals surface area contributed by atoms with Crippen LogP contribution in [0.3, 0.4) is 0 Å².